The van der Waals surface area contributed by atoms with Gasteiger partial charge in [-0.1, -0.05) is 0 Å². The molecular formula is C22H32N4O4. The molecule has 30 heavy (non-hydrogen) atoms. The number of ether oxygens (including phenoxy) is 1. The van der Waals surface area contributed by atoms with Crippen LogP contribution < -0.4 is 0 Å². The van der Waals surface area contributed by atoms with Crippen LogP contribution in [0.1, 0.15) is 47.9 Å². The van der Waals surface area contributed by atoms with Crippen LogP contribution in [0.4, 0.5) is 4.79 Å². The smallest absolute Gasteiger partial charge is 0.409 e. The highest BCUT2D eigenvalue weighted by Gasteiger charge is 2.59. The van der Waals surface area contributed by atoms with E-state index in [-0.39, 0.29) is 29.2 Å². The molecule has 8 heteroatoms. The van der Waals surface area contributed by atoms with Gasteiger partial charge in [-0.15, -0.1) is 0 Å². The number of amides is 3. The molecule has 164 valence electrons. The molecule has 2 saturated heterocycles. The molecule has 3 fully saturated rings. The number of carbonyl (C=O) groups excluding carboxylic acids is 3. The standard InChI is InChI=1S/C22H32N4O4/c1-4-30-21(29)26-11-9-25(10-12-26)19(27)17-14-22(17)5-7-24(8-6-22)20(28)18-15(2)13-16(3)23-18/h13,17,23H,4-12,14H2,1-3H3. The predicted molar refractivity (Wildman–Crippen MR) is 111 cm³/mol. The topological polar surface area (TPSA) is 85.9 Å². The number of aromatic amines is 1. The van der Waals surface area contributed by atoms with Gasteiger partial charge >= 0.3 is 6.09 Å². The second kappa shape index (κ2) is 7.96. The van der Waals surface area contributed by atoms with Crippen LogP contribution in [-0.4, -0.2) is 83.5 Å². The molecule has 1 spiro atoms. The highest BCUT2D eigenvalue weighted by Crippen LogP contribution is 2.60. The minimum Gasteiger partial charge on any atom is -0.450 e. The number of piperidine rings is 1. The normalized spacial score (nSPS) is 22.9. The largest absolute Gasteiger partial charge is 0.450 e. The van der Waals surface area contributed by atoms with Gasteiger partial charge in [-0.05, 0) is 57.1 Å². The quantitative estimate of drug-likeness (QED) is 0.818. The summed E-state index contributed by atoms with van der Waals surface area (Å²) >= 11 is 0. The number of hydrogen-bond acceptors (Lipinski definition) is 4. The van der Waals surface area contributed by atoms with Crippen molar-refractivity contribution in [3.63, 3.8) is 0 Å². The number of nitrogens with zero attached hydrogens (tertiary/aromatic N) is 3. The Bertz CT molecular complexity index is 832. The summed E-state index contributed by atoms with van der Waals surface area (Å²) in [6.07, 6.45) is 2.40. The van der Waals surface area contributed by atoms with Crippen molar-refractivity contribution in [2.24, 2.45) is 11.3 Å². The van der Waals surface area contributed by atoms with Crippen molar-refractivity contribution >= 4 is 17.9 Å². The zero-order chi connectivity index (χ0) is 21.5. The lowest BCUT2D eigenvalue weighted by atomic mass is 9.90. The maximum atomic E-state index is 13.0. The van der Waals surface area contributed by atoms with Gasteiger partial charge in [-0.25, -0.2) is 4.79 Å². The van der Waals surface area contributed by atoms with E-state index in [0.29, 0.717) is 51.6 Å². The molecule has 0 radical (unpaired) electrons. The number of H-pyrrole nitrogens is 1. The Hall–Kier alpha value is -2.51. The molecule has 0 aromatic carbocycles. The Morgan fingerprint density at radius 2 is 1.67 bits per heavy atom. The molecule has 1 aromatic rings. The lowest BCUT2D eigenvalue weighted by Crippen LogP contribution is -2.51. The molecule has 1 unspecified atom stereocenters. The van der Waals surface area contributed by atoms with Crippen molar-refractivity contribution in [2.45, 2.75) is 40.0 Å². The molecule has 1 atom stereocenters. The van der Waals surface area contributed by atoms with Crippen molar-refractivity contribution in [3.8, 4) is 0 Å². The second-order valence-electron chi connectivity index (χ2n) is 8.93. The van der Waals surface area contributed by atoms with Crippen LogP contribution in [0.3, 0.4) is 0 Å². The van der Waals surface area contributed by atoms with Crippen molar-refractivity contribution in [3.05, 3.63) is 23.0 Å². The number of rotatable bonds is 3. The van der Waals surface area contributed by atoms with Gasteiger partial charge in [0, 0.05) is 50.9 Å². The van der Waals surface area contributed by atoms with Gasteiger partial charge in [-0.3, -0.25) is 9.59 Å². The molecule has 0 bridgehead atoms. The maximum absolute atomic E-state index is 13.0. The van der Waals surface area contributed by atoms with Crippen LogP contribution in [0.5, 0.6) is 0 Å². The minimum absolute atomic E-state index is 0.0623. The van der Waals surface area contributed by atoms with Gasteiger partial charge in [0.05, 0.1) is 6.61 Å². The minimum atomic E-state index is -0.294. The SMILES string of the molecule is CCOC(=O)N1CCN(C(=O)C2CC23CCN(C(=O)c2[nH]c(C)cc2C)CC3)CC1. The predicted octanol–water partition coefficient (Wildman–Crippen LogP) is 2.17. The van der Waals surface area contributed by atoms with Gasteiger partial charge in [-0.2, -0.15) is 0 Å². The Morgan fingerprint density at radius 1 is 1.03 bits per heavy atom. The number of aromatic nitrogens is 1. The molecule has 1 aromatic heterocycles. The fourth-order valence-corrected chi connectivity index (χ4v) is 5.06. The summed E-state index contributed by atoms with van der Waals surface area (Å²) in [7, 11) is 0. The average molecular weight is 417 g/mol. The summed E-state index contributed by atoms with van der Waals surface area (Å²) in [5.74, 6) is 0.349. The first-order chi connectivity index (χ1) is 14.3. The zero-order valence-corrected chi connectivity index (χ0v) is 18.2. The highest BCUT2D eigenvalue weighted by atomic mass is 16.6. The third-order valence-electron chi connectivity index (χ3n) is 7.01. The molecule has 2 aliphatic heterocycles. The van der Waals surface area contributed by atoms with Crippen molar-refractivity contribution in [1.29, 1.82) is 0 Å². The summed E-state index contributed by atoms with van der Waals surface area (Å²) in [6, 6.07) is 2.00. The fourth-order valence-electron chi connectivity index (χ4n) is 5.06. The average Bonchev–Trinajstić information content (AvgIpc) is 3.33. The summed E-state index contributed by atoms with van der Waals surface area (Å²) in [5, 5.41) is 0. The Labute approximate surface area is 177 Å². The van der Waals surface area contributed by atoms with Crippen molar-refractivity contribution < 1.29 is 19.1 Å². The Morgan fingerprint density at radius 3 is 2.23 bits per heavy atom. The molecule has 3 heterocycles. The van der Waals surface area contributed by atoms with E-state index in [1.165, 1.54) is 0 Å². The number of carbonyl (C=O) groups is 3. The van der Waals surface area contributed by atoms with Crippen LogP contribution in [0.15, 0.2) is 6.07 Å². The van der Waals surface area contributed by atoms with Gasteiger partial charge in [0.2, 0.25) is 5.91 Å². The third-order valence-corrected chi connectivity index (χ3v) is 7.01. The van der Waals surface area contributed by atoms with Crippen molar-refractivity contribution in [1.82, 2.24) is 19.7 Å². The van der Waals surface area contributed by atoms with Crippen LogP contribution in [-0.2, 0) is 9.53 Å². The molecule has 3 amide bonds. The van der Waals surface area contributed by atoms with Gasteiger partial charge in [0.1, 0.15) is 5.69 Å². The van der Waals surface area contributed by atoms with Crippen LogP contribution in [0, 0.1) is 25.2 Å². The molecule has 4 rings (SSSR count). The monoisotopic (exact) mass is 416 g/mol. The number of nitrogens with one attached hydrogen (secondary N) is 1. The maximum Gasteiger partial charge on any atom is 0.409 e. The van der Waals surface area contributed by atoms with Crippen LogP contribution in [0.2, 0.25) is 0 Å². The first-order valence-electron chi connectivity index (χ1n) is 11.0. The van der Waals surface area contributed by atoms with E-state index in [4.69, 9.17) is 4.74 Å². The summed E-state index contributed by atoms with van der Waals surface area (Å²) < 4.78 is 5.05. The number of likely N-dealkylation sites (tertiary alicyclic amines) is 1. The molecule has 1 N–H and O–H groups in total. The Balaban J connectivity index is 1.28. The molecule has 1 aliphatic carbocycles. The summed E-state index contributed by atoms with van der Waals surface area (Å²) in [6.45, 7) is 9.69. The highest BCUT2D eigenvalue weighted by molar-refractivity contribution is 5.94. The number of hydrogen-bond donors (Lipinski definition) is 1. The first-order valence-corrected chi connectivity index (χ1v) is 11.0. The zero-order valence-electron chi connectivity index (χ0n) is 18.2. The van der Waals surface area contributed by atoms with Gasteiger partial charge in [0.15, 0.2) is 0 Å². The molecule has 3 aliphatic rings. The molecule has 8 nitrogen and oxygen atoms in total. The second-order valence-corrected chi connectivity index (χ2v) is 8.93. The van der Waals surface area contributed by atoms with Gasteiger partial charge in [0.25, 0.3) is 5.91 Å². The van der Waals surface area contributed by atoms with E-state index in [1.807, 2.05) is 29.7 Å². The number of piperazine rings is 1. The van der Waals surface area contributed by atoms with Gasteiger partial charge < -0.3 is 24.4 Å². The third kappa shape index (κ3) is 3.79. The van der Waals surface area contributed by atoms with E-state index in [1.54, 1.807) is 11.8 Å². The van der Waals surface area contributed by atoms with E-state index in [0.717, 1.165) is 30.5 Å². The number of aryl methyl sites for hydroxylation is 2. The van der Waals surface area contributed by atoms with Crippen LogP contribution >= 0.6 is 0 Å². The Kier molecular flexibility index (Phi) is 5.51. The lowest BCUT2D eigenvalue weighted by molar-refractivity contribution is -0.135. The first kappa shape index (κ1) is 20.8. The summed E-state index contributed by atoms with van der Waals surface area (Å²) in [4.78, 5) is 46.4. The van der Waals surface area contributed by atoms with E-state index >= 15 is 0 Å². The van der Waals surface area contributed by atoms with E-state index < -0.39 is 0 Å². The van der Waals surface area contributed by atoms with E-state index in [9.17, 15) is 14.4 Å². The fraction of sp³-hybridized carbons (Fsp3) is 0.682. The molecule has 1 saturated carbocycles. The van der Waals surface area contributed by atoms with Crippen molar-refractivity contribution in [2.75, 3.05) is 45.9 Å². The van der Waals surface area contributed by atoms with E-state index in [2.05, 4.69) is 4.98 Å². The molecular weight excluding hydrogens is 384 g/mol. The summed E-state index contributed by atoms with van der Waals surface area (Å²) in [5.41, 5.74) is 2.73. The lowest BCUT2D eigenvalue weighted by Gasteiger charge is -2.36. The van der Waals surface area contributed by atoms with Crippen LogP contribution in [0.25, 0.3) is 0 Å².